The van der Waals surface area contributed by atoms with Gasteiger partial charge in [-0.2, -0.15) is 5.26 Å². The van der Waals surface area contributed by atoms with Gasteiger partial charge in [0.2, 0.25) is 0 Å². The smallest absolute Gasteiger partial charge is 0.320 e. The first kappa shape index (κ1) is 17.1. The van der Waals surface area contributed by atoms with E-state index in [1.807, 2.05) is 46.9 Å². The summed E-state index contributed by atoms with van der Waals surface area (Å²) in [5.74, 6) is 0.815. The van der Waals surface area contributed by atoms with Crippen molar-refractivity contribution in [2.75, 3.05) is 5.32 Å². The molecule has 6 nitrogen and oxygen atoms in total. The summed E-state index contributed by atoms with van der Waals surface area (Å²) in [6, 6.07) is 16.1. The van der Waals surface area contributed by atoms with Crippen LogP contribution in [0.15, 0.2) is 55.0 Å². The van der Waals surface area contributed by atoms with Crippen LogP contribution in [0.1, 0.15) is 25.7 Å². The third kappa shape index (κ3) is 3.63. The molecule has 0 bridgehead atoms. The average Bonchev–Trinajstić information content (AvgIpc) is 3.19. The van der Waals surface area contributed by atoms with E-state index in [0.29, 0.717) is 5.82 Å². The van der Waals surface area contributed by atoms with E-state index in [1.54, 1.807) is 12.5 Å². The molecule has 4 rings (SSSR count). The minimum atomic E-state index is -0.228. The van der Waals surface area contributed by atoms with Crippen LogP contribution in [0, 0.1) is 17.2 Å². The second-order valence-corrected chi connectivity index (χ2v) is 6.93. The van der Waals surface area contributed by atoms with Crippen molar-refractivity contribution >= 4 is 17.4 Å². The number of benzene rings is 1. The van der Waals surface area contributed by atoms with Crippen molar-refractivity contribution in [1.29, 1.82) is 5.26 Å². The van der Waals surface area contributed by atoms with Crippen LogP contribution in [0.4, 0.5) is 10.6 Å². The molecule has 27 heavy (non-hydrogen) atoms. The second kappa shape index (κ2) is 7.50. The highest BCUT2D eigenvalue weighted by Crippen LogP contribution is 2.29. The van der Waals surface area contributed by atoms with E-state index in [9.17, 15) is 4.79 Å². The lowest BCUT2D eigenvalue weighted by molar-refractivity contribution is 0.241. The van der Waals surface area contributed by atoms with Crippen molar-refractivity contribution in [1.82, 2.24) is 14.7 Å². The second-order valence-electron chi connectivity index (χ2n) is 6.93. The van der Waals surface area contributed by atoms with Crippen molar-refractivity contribution in [3.63, 3.8) is 0 Å². The predicted molar refractivity (Wildman–Crippen MR) is 104 cm³/mol. The van der Waals surface area contributed by atoms with Crippen LogP contribution in [0.3, 0.4) is 0 Å². The maximum absolute atomic E-state index is 12.7. The van der Waals surface area contributed by atoms with E-state index >= 15 is 0 Å². The number of carbonyl (C=O) groups is 1. The fourth-order valence-corrected chi connectivity index (χ4v) is 3.67. The molecule has 2 N–H and O–H groups in total. The summed E-state index contributed by atoms with van der Waals surface area (Å²) in [6.45, 7) is 0. The molecular weight excluding hydrogens is 338 g/mol. The number of urea groups is 1. The topological polar surface area (TPSA) is 82.2 Å². The molecular formula is C21H21N5O. The van der Waals surface area contributed by atoms with Crippen molar-refractivity contribution in [3.05, 3.63) is 55.0 Å². The third-order valence-corrected chi connectivity index (χ3v) is 5.15. The zero-order valence-corrected chi connectivity index (χ0v) is 14.9. The number of nitrogens with one attached hydrogen (secondary N) is 2. The molecule has 0 atom stereocenters. The molecule has 6 heteroatoms. The van der Waals surface area contributed by atoms with Crippen LogP contribution < -0.4 is 10.6 Å². The van der Waals surface area contributed by atoms with Gasteiger partial charge in [0.15, 0.2) is 0 Å². The molecule has 1 aromatic carbocycles. The lowest BCUT2D eigenvalue weighted by Crippen LogP contribution is -2.40. The summed E-state index contributed by atoms with van der Waals surface area (Å²) >= 11 is 0. The minimum Gasteiger partial charge on any atom is -0.335 e. The van der Waals surface area contributed by atoms with Crippen LogP contribution in [0.2, 0.25) is 0 Å². The summed E-state index contributed by atoms with van der Waals surface area (Å²) in [5, 5.41) is 15.1. The van der Waals surface area contributed by atoms with Gasteiger partial charge in [0.25, 0.3) is 0 Å². The molecule has 0 saturated heterocycles. The fourth-order valence-electron chi connectivity index (χ4n) is 3.67. The Morgan fingerprint density at radius 3 is 2.63 bits per heavy atom. The number of carbonyl (C=O) groups excluding carboxylic acids is 1. The number of anilines is 1. The summed E-state index contributed by atoms with van der Waals surface area (Å²) in [6.07, 6.45) is 6.83. The van der Waals surface area contributed by atoms with E-state index < -0.39 is 0 Å². The van der Waals surface area contributed by atoms with Crippen LogP contribution >= 0.6 is 0 Å². The third-order valence-electron chi connectivity index (χ3n) is 5.15. The van der Waals surface area contributed by atoms with Gasteiger partial charge in [-0.1, -0.05) is 30.3 Å². The molecule has 1 aliphatic carbocycles. The van der Waals surface area contributed by atoms with Gasteiger partial charge in [-0.25, -0.2) is 9.78 Å². The number of fused-ring (bicyclic) bond motifs is 1. The molecule has 136 valence electrons. The molecule has 0 aliphatic heterocycles. The summed E-state index contributed by atoms with van der Waals surface area (Å²) < 4.78 is 1.88. The predicted octanol–water partition coefficient (Wildman–Crippen LogP) is 4.21. The van der Waals surface area contributed by atoms with Gasteiger partial charge in [0, 0.05) is 17.5 Å². The standard InChI is InChI=1S/C21H21N5O/c22-12-15-6-8-17(9-7-15)24-21(27)25-20-19(16-4-2-1-3-5-16)11-10-18-13-23-14-26(18)20/h1-5,10-11,13-15,17H,6-9H2,(H2,24,25,27). The lowest BCUT2D eigenvalue weighted by Gasteiger charge is -2.26. The number of rotatable bonds is 3. The molecule has 1 saturated carbocycles. The molecule has 0 spiro atoms. The Hall–Kier alpha value is -3.33. The monoisotopic (exact) mass is 359 g/mol. The number of nitrogens with zero attached hydrogens (tertiary/aromatic N) is 3. The quantitative estimate of drug-likeness (QED) is 0.735. The van der Waals surface area contributed by atoms with Gasteiger partial charge in [-0.15, -0.1) is 0 Å². The van der Waals surface area contributed by atoms with E-state index in [4.69, 9.17) is 5.26 Å². The molecule has 1 fully saturated rings. The number of pyridine rings is 1. The maximum Gasteiger partial charge on any atom is 0.320 e. The Labute approximate surface area is 157 Å². The van der Waals surface area contributed by atoms with E-state index in [-0.39, 0.29) is 18.0 Å². The highest BCUT2D eigenvalue weighted by atomic mass is 16.2. The Morgan fingerprint density at radius 2 is 1.89 bits per heavy atom. The first-order chi connectivity index (χ1) is 13.2. The summed E-state index contributed by atoms with van der Waals surface area (Å²) in [4.78, 5) is 16.9. The fraction of sp³-hybridized carbons (Fsp3) is 0.286. The number of aromatic nitrogens is 2. The highest BCUT2D eigenvalue weighted by Gasteiger charge is 2.22. The minimum absolute atomic E-state index is 0.108. The average molecular weight is 359 g/mol. The van der Waals surface area contributed by atoms with Gasteiger partial charge >= 0.3 is 6.03 Å². The van der Waals surface area contributed by atoms with E-state index in [0.717, 1.165) is 42.3 Å². The normalized spacial score (nSPS) is 19.4. The van der Waals surface area contributed by atoms with Gasteiger partial charge < -0.3 is 5.32 Å². The van der Waals surface area contributed by atoms with Crippen LogP contribution in [-0.4, -0.2) is 21.5 Å². The number of amides is 2. The van der Waals surface area contributed by atoms with Gasteiger partial charge in [-0.3, -0.25) is 9.72 Å². The van der Waals surface area contributed by atoms with Crippen molar-refractivity contribution in [2.45, 2.75) is 31.7 Å². The maximum atomic E-state index is 12.7. The van der Waals surface area contributed by atoms with E-state index in [2.05, 4.69) is 21.7 Å². The first-order valence-electron chi connectivity index (χ1n) is 9.22. The zero-order valence-electron chi connectivity index (χ0n) is 14.9. The number of imidazole rings is 1. The number of nitriles is 1. The molecule has 2 aromatic heterocycles. The van der Waals surface area contributed by atoms with Crippen LogP contribution in [-0.2, 0) is 0 Å². The molecule has 2 heterocycles. The highest BCUT2D eigenvalue weighted by molar-refractivity contribution is 5.94. The van der Waals surface area contributed by atoms with Gasteiger partial charge in [0.05, 0.1) is 17.8 Å². The Bertz CT molecular complexity index is 981. The summed E-state index contributed by atoms with van der Waals surface area (Å²) in [7, 11) is 0. The van der Waals surface area contributed by atoms with Crippen molar-refractivity contribution in [3.8, 4) is 17.2 Å². The van der Waals surface area contributed by atoms with Crippen LogP contribution in [0.5, 0.6) is 0 Å². The molecule has 1 aliphatic rings. The Balaban J connectivity index is 1.57. The van der Waals surface area contributed by atoms with Gasteiger partial charge in [0.1, 0.15) is 12.1 Å². The first-order valence-corrected chi connectivity index (χ1v) is 9.22. The molecule has 3 aromatic rings. The largest absolute Gasteiger partial charge is 0.335 e. The lowest BCUT2D eigenvalue weighted by atomic mass is 9.87. The number of hydrogen-bond donors (Lipinski definition) is 2. The molecule has 0 radical (unpaired) electrons. The zero-order chi connectivity index (χ0) is 18.6. The van der Waals surface area contributed by atoms with Crippen LogP contribution in [0.25, 0.3) is 16.6 Å². The molecule has 0 unspecified atom stereocenters. The van der Waals surface area contributed by atoms with Crippen molar-refractivity contribution < 1.29 is 4.79 Å². The summed E-state index contributed by atoms with van der Waals surface area (Å²) in [5.41, 5.74) is 2.88. The number of hydrogen-bond acceptors (Lipinski definition) is 3. The van der Waals surface area contributed by atoms with Gasteiger partial charge in [-0.05, 0) is 43.4 Å². The van der Waals surface area contributed by atoms with Crippen molar-refractivity contribution in [2.24, 2.45) is 5.92 Å². The molecule has 2 amide bonds. The van der Waals surface area contributed by atoms with E-state index in [1.165, 1.54) is 0 Å². The Kier molecular flexibility index (Phi) is 4.75. The Morgan fingerprint density at radius 1 is 1.11 bits per heavy atom. The SMILES string of the molecule is N#CC1CCC(NC(=O)Nc2c(-c3ccccc3)ccc3cncn23)CC1.